The molecule has 2 aromatic carbocycles. The smallest absolute Gasteiger partial charge is 0.258 e. The molecule has 0 spiro atoms. The molecule has 3 aromatic rings. The fourth-order valence-corrected chi connectivity index (χ4v) is 3.40. The molecule has 122 valence electrons. The Hall–Kier alpha value is -1.86. The molecule has 1 amide bonds. The zero-order valence-electron chi connectivity index (χ0n) is 12.8. The molecule has 0 aliphatic carbocycles. The number of aromatic nitrogens is 2. The van der Waals surface area contributed by atoms with Gasteiger partial charge in [-0.25, -0.2) is 14.4 Å². The Morgan fingerprint density at radius 3 is 2.50 bits per heavy atom. The van der Waals surface area contributed by atoms with Gasteiger partial charge in [-0.2, -0.15) is 0 Å². The monoisotopic (exact) mass is 451 g/mol. The Morgan fingerprint density at radius 1 is 1.08 bits per heavy atom. The van der Waals surface area contributed by atoms with Gasteiger partial charge in [-0.1, -0.05) is 15.9 Å². The van der Waals surface area contributed by atoms with Gasteiger partial charge in [0.1, 0.15) is 11.3 Å². The first kappa shape index (κ1) is 17.0. The number of hydrogen-bond acceptors (Lipinski definition) is 3. The van der Waals surface area contributed by atoms with Gasteiger partial charge in [0.25, 0.3) is 5.91 Å². The van der Waals surface area contributed by atoms with E-state index in [9.17, 15) is 9.18 Å². The van der Waals surface area contributed by atoms with Gasteiger partial charge in [-0.15, -0.1) is 0 Å². The molecule has 0 saturated heterocycles. The standard InChI is InChI=1S/C17H12Br2FN3O/c1-8-9(2)22-16-12(6-11(20)7-15(16)21-8)17(24)23-14-4-3-10(18)5-13(14)19/h3-7H,1-2H3,(H,23,24). The number of nitrogens with one attached hydrogen (secondary N) is 1. The van der Waals surface area contributed by atoms with Crippen LogP contribution < -0.4 is 5.32 Å². The molecule has 0 aliphatic heterocycles. The lowest BCUT2D eigenvalue weighted by Gasteiger charge is -2.11. The Kier molecular flexibility index (Phi) is 4.64. The van der Waals surface area contributed by atoms with Crippen molar-refractivity contribution in [2.75, 3.05) is 5.32 Å². The van der Waals surface area contributed by atoms with Crippen molar-refractivity contribution in [3.8, 4) is 0 Å². The quantitative estimate of drug-likeness (QED) is 0.584. The fraction of sp³-hybridized carbons (Fsp3) is 0.118. The van der Waals surface area contributed by atoms with E-state index in [-0.39, 0.29) is 5.56 Å². The number of rotatable bonds is 2. The van der Waals surface area contributed by atoms with E-state index in [0.29, 0.717) is 32.6 Å². The largest absolute Gasteiger partial charge is 0.321 e. The van der Waals surface area contributed by atoms with Crippen LogP contribution >= 0.6 is 31.9 Å². The van der Waals surface area contributed by atoms with Crippen molar-refractivity contribution >= 4 is 54.5 Å². The van der Waals surface area contributed by atoms with Crippen molar-refractivity contribution in [2.45, 2.75) is 13.8 Å². The summed E-state index contributed by atoms with van der Waals surface area (Å²) in [5.41, 5.74) is 2.87. The summed E-state index contributed by atoms with van der Waals surface area (Å²) in [4.78, 5) is 21.4. The topological polar surface area (TPSA) is 54.9 Å². The van der Waals surface area contributed by atoms with E-state index in [1.807, 2.05) is 6.07 Å². The lowest BCUT2D eigenvalue weighted by Crippen LogP contribution is -2.14. The lowest BCUT2D eigenvalue weighted by atomic mass is 10.1. The van der Waals surface area contributed by atoms with Crippen LogP contribution in [0.2, 0.25) is 0 Å². The minimum Gasteiger partial charge on any atom is -0.321 e. The van der Waals surface area contributed by atoms with E-state index < -0.39 is 11.7 Å². The zero-order valence-corrected chi connectivity index (χ0v) is 16.0. The molecular weight excluding hydrogens is 441 g/mol. The molecular formula is C17H12Br2FN3O. The highest BCUT2D eigenvalue weighted by Gasteiger charge is 2.16. The third-order valence-electron chi connectivity index (χ3n) is 3.57. The number of nitrogens with zero attached hydrogens (tertiary/aromatic N) is 2. The van der Waals surface area contributed by atoms with Gasteiger partial charge in [-0.3, -0.25) is 4.79 Å². The average molecular weight is 453 g/mol. The summed E-state index contributed by atoms with van der Waals surface area (Å²) in [5.74, 6) is -0.972. The molecule has 3 rings (SSSR count). The van der Waals surface area contributed by atoms with Gasteiger partial charge in [0.05, 0.1) is 28.2 Å². The minimum atomic E-state index is -0.528. The molecule has 1 heterocycles. The van der Waals surface area contributed by atoms with Crippen LogP contribution in [0, 0.1) is 19.7 Å². The molecule has 0 unspecified atom stereocenters. The van der Waals surface area contributed by atoms with Crippen LogP contribution in [0.25, 0.3) is 11.0 Å². The normalized spacial score (nSPS) is 10.9. The molecule has 1 N–H and O–H groups in total. The number of benzene rings is 2. The van der Waals surface area contributed by atoms with E-state index in [1.165, 1.54) is 12.1 Å². The first-order chi connectivity index (χ1) is 11.3. The summed E-state index contributed by atoms with van der Waals surface area (Å²) in [7, 11) is 0. The predicted molar refractivity (Wildman–Crippen MR) is 98.8 cm³/mol. The van der Waals surface area contributed by atoms with Crippen molar-refractivity contribution in [2.24, 2.45) is 0 Å². The fourth-order valence-electron chi connectivity index (χ4n) is 2.25. The maximum Gasteiger partial charge on any atom is 0.258 e. The second-order valence-corrected chi connectivity index (χ2v) is 7.06. The summed E-state index contributed by atoms with van der Waals surface area (Å²) >= 11 is 6.74. The van der Waals surface area contributed by atoms with E-state index in [4.69, 9.17) is 0 Å². The second kappa shape index (κ2) is 6.57. The Balaban J connectivity index is 2.07. The van der Waals surface area contributed by atoms with Crippen LogP contribution in [0.15, 0.2) is 39.3 Å². The molecule has 0 atom stereocenters. The zero-order chi connectivity index (χ0) is 17.4. The number of hydrogen-bond donors (Lipinski definition) is 1. The predicted octanol–water partition coefficient (Wildman–Crippen LogP) is 5.16. The highest BCUT2D eigenvalue weighted by Crippen LogP contribution is 2.27. The van der Waals surface area contributed by atoms with E-state index >= 15 is 0 Å². The minimum absolute atomic E-state index is 0.149. The SMILES string of the molecule is Cc1nc2cc(F)cc(C(=O)Nc3ccc(Br)cc3Br)c2nc1C. The summed E-state index contributed by atoms with van der Waals surface area (Å²) in [6, 6.07) is 7.81. The van der Waals surface area contributed by atoms with Crippen molar-refractivity contribution in [3.05, 3.63) is 62.0 Å². The molecule has 0 radical (unpaired) electrons. The third kappa shape index (κ3) is 3.32. The number of halogens is 3. The maximum atomic E-state index is 13.9. The van der Waals surface area contributed by atoms with Crippen LogP contribution in [0.3, 0.4) is 0 Å². The lowest BCUT2D eigenvalue weighted by molar-refractivity contribution is 0.102. The summed E-state index contributed by atoms with van der Waals surface area (Å²) in [5, 5.41) is 2.77. The molecule has 0 fully saturated rings. The molecule has 7 heteroatoms. The number of anilines is 1. The highest BCUT2D eigenvalue weighted by molar-refractivity contribution is 9.11. The number of fused-ring (bicyclic) bond motifs is 1. The first-order valence-electron chi connectivity index (χ1n) is 7.06. The number of carbonyl (C=O) groups excluding carboxylic acids is 1. The van der Waals surface area contributed by atoms with E-state index in [2.05, 4.69) is 47.1 Å². The molecule has 24 heavy (non-hydrogen) atoms. The molecule has 0 bridgehead atoms. The van der Waals surface area contributed by atoms with Crippen molar-refractivity contribution in [1.29, 1.82) is 0 Å². The average Bonchev–Trinajstić information content (AvgIpc) is 2.51. The van der Waals surface area contributed by atoms with Crippen molar-refractivity contribution in [3.63, 3.8) is 0 Å². The summed E-state index contributed by atoms with van der Waals surface area (Å²) < 4.78 is 15.5. The Bertz CT molecular complexity index is 976. The highest BCUT2D eigenvalue weighted by atomic mass is 79.9. The molecule has 4 nitrogen and oxygen atoms in total. The first-order valence-corrected chi connectivity index (χ1v) is 8.64. The van der Waals surface area contributed by atoms with Gasteiger partial charge >= 0.3 is 0 Å². The van der Waals surface area contributed by atoms with Crippen molar-refractivity contribution in [1.82, 2.24) is 9.97 Å². The van der Waals surface area contributed by atoms with Crippen molar-refractivity contribution < 1.29 is 9.18 Å². The molecule has 0 saturated carbocycles. The van der Waals surface area contributed by atoms with Crippen LogP contribution in [-0.2, 0) is 0 Å². The Morgan fingerprint density at radius 2 is 1.79 bits per heavy atom. The van der Waals surface area contributed by atoms with Crippen LogP contribution in [0.5, 0.6) is 0 Å². The van der Waals surface area contributed by atoms with E-state index in [1.54, 1.807) is 26.0 Å². The van der Waals surface area contributed by atoms with Crippen LogP contribution in [-0.4, -0.2) is 15.9 Å². The van der Waals surface area contributed by atoms with E-state index in [0.717, 1.165) is 4.47 Å². The molecule has 1 aromatic heterocycles. The number of carbonyl (C=O) groups is 1. The van der Waals surface area contributed by atoms with Gasteiger partial charge in [0.2, 0.25) is 0 Å². The Labute approximate surface area is 154 Å². The third-order valence-corrected chi connectivity index (χ3v) is 4.72. The van der Waals surface area contributed by atoms with Gasteiger partial charge in [-0.05, 0) is 54.0 Å². The van der Waals surface area contributed by atoms with Crippen LogP contribution in [0.4, 0.5) is 10.1 Å². The summed E-state index contributed by atoms with van der Waals surface area (Å²) in [6.07, 6.45) is 0. The second-order valence-electron chi connectivity index (χ2n) is 5.29. The van der Waals surface area contributed by atoms with Crippen LogP contribution in [0.1, 0.15) is 21.7 Å². The molecule has 0 aliphatic rings. The van der Waals surface area contributed by atoms with Gasteiger partial charge in [0.15, 0.2) is 0 Å². The van der Waals surface area contributed by atoms with Gasteiger partial charge < -0.3 is 5.32 Å². The number of amides is 1. The number of aryl methyl sites for hydroxylation is 2. The summed E-state index contributed by atoms with van der Waals surface area (Å²) in [6.45, 7) is 3.60. The van der Waals surface area contributed by atoms with Gasteiger partial charge in [0, 0.05) is 15.0 Å². The maximum absolute atomic E-state index is 13.9.